The molecule has 0 aliphatic carbocycles. The van der Waals surface area contributed by atoms with Crippen LogP contribution in [0.25, 0.3) is 0 Å². The predicted molar refractivity (Wildman–Crippen MR) is 38.0 cm³/mol. The van der Waals surface area contributed by atoms with Gasteiger partial charge in [-0.2, -0.15) is 0 Å². The van der Waals surface area contributed by atoms with Crippen LogP contribution in [0.4, 0.5) is 0 Å². The van der Waals surface area contributed by atoms with E-state index in [0.29, 0.717) is 6.54 Å². The predicted octanol–water partition coefficient (Wildman–Crippen LogP) is 0.136. The largest absolute Gasteiger partial charge is 0.785 e. The van der Waals surface area contributed by atoms with E-state index in [-0.39, 0.29) is 4.05 Å². The summed E-state index contributed by atoms with van der Waals surface area (Å²) < 4.78 is -0.0717. The number of halogens is 1. The topological polar surface area (TPSA) is 52.3 Å². The zero-order chi connectivity index (χ0) is 5.86. The molecule has 0 aliphatic rings. The summed E-state index contributed by atoms with van der Waals surface area (Å²) in [5.41, 5.74) is 5.12. The molecule has 0 amide bonds. The number of rotatable bonds is 2. The first-order valence-corrected chi connectivity index (χ1v) is 3.17. The van der Waals surface area contributed by atoms with Gasteiger partial charge in [-0.15, -0.1) is 0 Å². The molecule has 0 aromatic rings. The highest BCUT2D eigenvalue weighted by molar-refractivity contribution is 14.1. The highest BCUT2D eigenvalue weighted by atomic mass is 127. The number of hydrogen-bond acceptors (Lipinski definition) is 3. The Hall–Kier alpha value is 0.610. The number of hydroxylamine groups is 2. The van der Waals surface area contributed by atoms with Crippen molar-refractivity contribution in [3.8, 4) is 0 Å². The van der Waals surface area contributed by atoms with Crippen molar-refractivity contribution < 1.29 is 0 Å². The van der Waals surface area contributed by atoms with Gasteiger partial charge in [-0.25, -0.2) is 0 Å². The Morgan fingerprint density at radius 3 is 2.43 bits per heavy atom. The van der Waals surface area contributed by atoms with E-state index in [2.05, 4.69) is 0 Å². The van der Waals surface area contributed by atoms with E-state index >= 15 is 0 Å². The highest BCUT2D eigenvalue weighted by Crippen LogP contribution is 1.99. The molecule has 0 fully saturated rings. The summed E-state index contributed by atoms with van der Waals surface area (Å²) in [6.07, 6.45) is 0. The normalized spacial score (nSPS) is 15.0. The van der Waals surface area contributed by atoms with Crippen molar-refractivity contribution in [3.05, 3.63) is 5.21 Å². The molecule has 0 saturated carbocycles. The number of hydrogen-bond donors (Lipinski definition) is 1. The third-order valence-electron chi connectivity index (χ3n) is 0.589. The second-order valence-electron chi connectivity index (χ2n) is 1.22. The van der Waals surface area contributed by atoms with E-state index in [9.17, 15) is 5.21 Å². The van der Waals surface area contributed by atoms with E-state index in [4.69, 9.17) is 5.73 Å². The third kappa shape index (κ3) is 3.22. The summed E-state index contributed by atoms with van der Waals surface area (Å²) in [6.45, 7) is 0.417. The molecule has 4 heteroatoms. The Labute approximate surface area is 56.6 Å². The average Bonchev–Trinajstić information content (AvgIpc) is 1.65. The lowest BCUT2D eigenvalue weighted by atomic mass is 10.7. The Morgan fingerprint density at radius 2 is 2.43 bits per heavy atom. The van der Waals surface area contributed by atoms with E-state index in [0.717, 1.165) is 5.06 Å². The molecule has 0 aliphatic heterocycles. The Morgan fingerprint density at radius 1 is 2.00 bits per heavy atom. The van der Waals surface area contributed by atoms with Crippen molar-refractivity contribution in [3.63, 3.8) is 0 Å². The quantitative estimate of drug-likeness (QED) is 0.308. The van der Waals surface area contributed by atoms with Gasteiger partial charge in [-0.3, -0.25) is 0 Å². The summed E-state index contributed by atoms with van der Waals surface area (Å²) in [5.74, 6) is 0. The maximum atomic E-state index is 10.2. The maximum absolute atomic E-state index is 10.2. The molecule has 0 bridgehead atoms. The Kier molecular flexibility index (Phi) is 3.91. The molecule has 0 aromatic heterocycles. The van der Waals surface area contributed by atoms with Crippen LogP contribution >= 0.6 is 22.6 Å². The fraction of sp³-hybridized carbons (Fsp3) is 1.00. The lowest BCUT2D eigenvalue weighted by Crippen LogP contribution is -2.27. The summed E-state index contributed by atoms with van der Waals surface area (Å²) in [4.78, 5) is 0. The molecule has 44 valence electrons. The molecule has 0 radical (unpaired) electrons. The van der Waals surface area contributed by atoms with Gasteiger partial charge in [-0.1, -0.05) is 22.6 Å². The van der Waals surface area contributed by atoms with Crippen molar-refractivity contribution in [1.82, 2.24) is 5.06 Å². The molecule has 0 heterocycles. The fourth-order valence-corrected chi connectivity index (χ4v) is 0.148. The van der Waals surface area contributed by atoms with Crippen LogP contribution < -0.4 is 5.73 Å². The van der Waals surface area contributed by atoms with Crippen LogP contribution in [-0.2, 0) is 0 Å². The van der Waals surface area contributed by atoms with Crippen molar-refractivity contribution >= 4 is 22.6 Å². The van der Waals surface area contributed by atoms with Gasteiger partial charge in [0.1, 0.15) is 0 Å². The van der Waals surface area contributed by atoms with E-state index in [1.807, 2.05) is 22.6 Å². The number of nitrogens with zero attached hydrogens (tertiary/aromatic N) is 1. The molecule has 1 unspecified atom stereocenters. The monoisotopic (exact) mass is 215 g/mol. The van der Waals surface area contributed by atoms with E-state index in [1.54, 1.807) is 0 Å². The highest BCUT2D eigenvalue weighted by Gasteiger charge is 1.94. The van der Waals surface area contributed by atoms with Gasteiger partial charge in [0.05, 0.1) is 4.05 Å². The number of likely N-dealkylation sites (N-methyl/N-ethyl adjacent to an activating group) is 1. The van der Waals surface area contributed by atoms with Gasteiger partial charge >= 0.3 is 0 Å². The fourth-order valence-electron chi connectivity index (χ4n) is 0.148. The lowest BCUT2D eigenvalue weighted by Gasteiger charge is -2.26. The zero-order valence-corrected chi connectivity index (χ0v) is 6.25. The molecule has 0 aromatic carbocycles. The van der Waals surface area contributed by atoms with Gasteiger partial charge < -0.3 is 16.0 Å². The Bertz CT molecular complexity index is 50.2. The summed E-state index contributed by atoms with van der Waals surface area (Å²) in [5, 5.41) is 11.0. The SMILES string of the molecule is CN([O-])C(I)CN. The number of alkyl halides is 1. The van der Waals surface area contributed by atoms with Crippen LogP contribution in [0.2, 0.25) is 0 Å². The summed E-state index contributed by atoms with van der Waals surface area (Å²) >= 11 is 1.98. The molecular formula is C3H8IN2O-. The van der Waals surface area contributed by atoms with Gasteiger partial charge in [0.2, 0.25) is 0 Å². The molecular weight excluding hydrogens is 207 g/mol. The van der Waals surface area contributed by atoms with Crippen molar-refractivity contribution in [1.29, 1.82) is 0 Å². The summed E-state index contributed by atoms with van der Waals surface area (Å²) in [6, 6.07) is 0. The van der Waals surface area contributed by atoms with Crippen LogP contribution in [0.5, 0.6) is 0 Å². The van der Waals surface area contributed by atoms with E-state index in [1.165, 1.54) is 7.05 Å². The second kappa shape index (κ2) is 3.59. The molecule has 0 saturated heterocycles. The number of nitrogens with two attached hydrogens (primary N) is 1. The van der Waals surface area contributed by atoms with Crippen LogP contribution in [0.1, 0.15) is 0 Å². The van der Waals surface area contributed by atoms with Gasteiger partial charge in [0, 0.05) is 6.54 Å². The third-order valence-corrected chi connectivity index (χ3v) is 1.88. The minimum Gasteiger partial charge on any atom is -0.785 e. The minimum absolute atomic E-state index is 0.0717. The van der Waals surface area contributed by atoms with Crippen molar-refractivity contribution in [2.75, 3.05) is 13.6 Å². The van der Waals surface area contributed by atoms with Crippen LogP contribution in [0, 0.1) is 5.21 Å². The van der Waals surface area contributed by atoms with Crippen LogP contribution in [-0.4, -0.2) is 22.7 Å². The lowest BCUT2D eigenvalue weighted by molar-refractivity contribution is 0.451. The summed E-state index contributed by atoms with van der Waals surface area (Å²) in [7, 11) is 1.46. The van der Waals surface area contributed by atoms with Crippen LogP contribution in [0.3, 0.4) is 0 Å². The molecule has 7 heavy (non-hydrogen) atoms. The maximum Gasteiger partial charge on any atom is 0.0627 e. The van der Waals surface area contributed by atoms with Crippen molar-refractivity contribution in [2.45, 2.75) is 4.05 Å². The van der Waals surface area contributed by atoms with Crippen molar-refractivity contribution in [2.24, 2.45) is 5.73 Å². The van der Waals surface area contributed by atoms with Gasteiger partial charge in [0.25, 0.3) is 0 Å². The first-order valence-electron chi connectivity index (χ1n) is 1.92. The molecule has 2 N–H and O–H groups in total. The Balaban J connectivity index is 3.14. The molecule has 1 atom stereocenters. The second-order valence-corrected chi connectivity index (χ2v) is 2.65. The molecule has 3 nitrogen and oxygen atoms in total. The first-order chi connectivity index (χ1) is 3.18. The van der Waals surface area contributed by atoms with Crippen LogP contribution in [0.15, 0.2) is 0 Å². The zero-order valence-electron chi connectivity index (χ0n) is 4.10. The van der Waals surface area contributed by atoms with Gasteiger partial charge in [-0.05, 0) is 7.05 Å². The average molecular weight is 215 g/mol. The molecule has 0 spiro atoms. The smallest absolute Gasteiger partial charge is 0.0627 e. The standard InChI is InChI=1S/C3H8IN2O/c1-6(7)3(4)2-5/h3H,2,5H2,1H3/q-1. The van der Waals surface area contributed by atoms with E-state index < -0.39 is 0 Å². The molecule has 0 rings (SSSR count). The first kappa shape index (κ1) is 7.61. The minimum atomic E-state index is -0.0717. The van der Waals surface area contributed by atoms with Gasteiger partial charge in [0.15, 0.2) is 0 Å².